The van der Waals surface area contributed by atoms with Gasteiger partial charge in [-0.1, -0.05) is 0 Å². The molecule has 1 atom stereocenters. The summed E-state index contributed by atoms with van der Waals surface area (Å²) >= 11 is 0. The molecule has 0 spiro atoms. The molecule has 0 aliphatic rings. The molecule has 0 aromatic carbocycles. The van der Waals surface area contributed by atoms with Gasteiger partial charge in [0.1, 0.15) is 0 Å². The summed E-state index contributed by atoms with van der Waals surface area (Å²) in [6.45, 7) is 5.47. The molecular formula is C6H15O4P. The molecule has 0 bridgehead atoms. The summed E-state index contributed by atoms with van der Waals surface area (Å²) in [5.74, 6) is 0. The Morgan fingerprint density at radius 3 is 2.36 bits per heavy atom. The lowest BCUT2D eigenvalue weighted by Gasteiger charge is -2.09. The highest BCUT2D eigenvalue weighted by molar-refractivity contribution is 7.51. The van der Waals surface area contributed by atoms with E-state index in [0.717, 1.165) is 6.66 Å². The summed E-state index contributed by atoms with van der Waals surface area (Å²) in [5, 5.41) is 0. The van der Waals surface area contributed by atoms with Crippen molar-refractivity contribution in [1.29, 1.82) is 0 Å². The summed E-state index contributed by atoms with van der Waals surface area (Å²) in [6.07, 6.45) is 0.133. The second-order valence-electron chi connectivity index (χ2n) is 2.56. The first-order valence-corrected chi connectivity index (χ1v) is 5.50. The second-order valence-corrected chi connectivity index (χ2v) is 4.42. The lowest BCUT2D eigenvalue weighted by atomic mass is 10.5. The average molecular weight is 182 g/mol. The maximum absolute atomic E-state index is 10.5. The van der Waals surface area contributed by atoms with Crippen molar-refractivity contribution < 1.29 is 18.7 Å². The van der Waals surface area contributed by atoms with E-state index in [1.54, 1.807) is 0 Å². The molecule has 0 saturated heterocycles. The van der Waals surface area contributed by atoms with Gasteiger partial charge in [-0.25, -0.2) is 0 Å². The zero-order chi connectivity index (χ0) is 8.91. The Hall–Kier alpha value is 0.110. The Bertz CT molecular complexity index is 140. The normalized spacial score (nSPS) is 16.8. The van der Waals surface area contributed by atoms with E-state index in [2.05, 4.69) is 4.52 Å². The van der Waals surface area contributed by atoms with E-state index in [9.17, 15) is 4.57 Å². The van der Waals surface area contributed by atoms with Crippen molar-refractivity contribution in [2.45, 2.75) is 20.0 Å². The van der Waals surface area contributed by atoms with Gasteiger partial charge in [0.05, 0.1) is 19.3 Å². The first-order valence-electron chi connectivity index (χ1n) is 3.48. The number of ether oxygens (including phenoxy) is 1. The van der Waals surface area contributed by atoms with Gasteiger partial charge in [0.15, 0.2) is 0 Å². The molecule has 11 heavy (non-hydrogen) atoms. The fourth-order valence-corrected chi connectivity index (χ4v) is 0.904. The molecule has 5 heteroatoms. The van der Waals surface area contributed by atoms with Gasteiger partial charge in [-0.3, -0.25) is 4.57 Å². The minimum absolute atomic E-state index is 0.133. The van der Waals surface area contributed by atoms with E-state index in [1.165, 1.54) is 0 Å². The minimum atomic E-state index is -3.31. The average Bonchev–Trinajstić information content (AvgIpc) is 1.78. The van der Waals surface area contributed by atoms with Crippen molar-refractivity contribution in [1.82, 2.24) is 0 Å². The van der Waals surface area contributed by atoms with Crippen molar-refractivity contribution in [2.24, 2.45) is 0 Å². The number of rotatable bonds is 5. The topological polar surface area (TPSA) is 55.8 Å². The van der Waals surface area contributed by atoms with E-state index in [0.29, 0.717) is 6.61 Å². The van der Waals surface area contributed by atoms with E-state index in [4.69, 9.17) is 9.63 Å². The standard InChI is InChI=1S/C6H15O4P/c1-6(2)9-4-5-10-11(3,7)8/h6H,4-5H2,1-3H3,(H,7,8). The third-order valence-electron chi connectivity index (χ3n) is 0.865. The smallest absolute Gasteiger partial charge is 0.325 e. The van der Waals surface area contributed by atoms with Crippen LogP contribution in [0.4, 0.5) is 0 Å². The van der Waals surface area contributed by atoms with Crippen LogP contribution in [0.2, 0.25) is 0 Å². The molecule has 0 rings (SSSR count). The molecule has 0 heterocycles. The van der Waals surface area contributed by atoms with Crippen molar-refractivity contribution in [3.05, 3.63) is 0 Å². The van der Waals surface area contributed by atoms with Gasteiger partial charge in [-0.15, -0.1) is 0 Å². The number of hydrogen-bond acceptors (Lipinski definition) is 3. The van der Waals surface area contributed by atoms with Crippen LogP contribution in [0.5, 0.6) is 0 Å². The highest BCUT2D eigenvalue weighted by atomic mass is 31.2. The van der Waals surface area contributed by atoms with E-state index >= 15 is 0 Å². The monoisotopic (exact) mass is 182 g/mol. The molecule has 4 nitrogen and oxygen atoms in total. The number of hydrogen-bond donors (Lipinski definition) is 1. The molecule has 0 aromatic heterocycles. The van der Waals surface area contributed by atoms with Crippen LogP contribution in [-0.2, 0) is 13.8 Å². The Labute approximate surface area is 67.0 Å². The predicted molar refractivity (Wildman–Crippen MR) is 42.8 cm³/mol. The zero-order valence-electron chi connectivity index (χ0n) is 7.11. The molecule has 1 unspecified atom stereocenters. The molecule has 1 N–H and O–H groups in total. The van der Waals surface area contributed by atoms with Gasteiger partial charge in [0, 0.05) is 6.66 Å². The molecule has 0 saturated carbocycles. The van der Waals surface area contributed by atoms with Crippen LogP contribution >= 0.6 is 7.60 Å². The first kappa shape index (κ1) is 11.1. The highest BCUT2D eigenvalue weighted by Crippen LogP contribution is 2.35. The Morgan fingerprint density at radius 2 is 2.00 bits per heavy atom. The summed E-state index contributed by atoms with van der Waals surface area (Å²) in [7, 11) is -3.31. The molecule has 68 valence electrons. The van der Waals surface area contributed by atoms with Gasteiger partial charge < -0.3 is 14.2 Å². The molecule has 0 aromatic rings. The molecule has 0 aliphatic carbocycles. The van der Waals surface area contributed by atoms with E-state index in [1.807, 2.05) is 13.8 Å². The fraction of sp³-hybridized carbons (Fsp3) is 1.00. The summed E-state index contributed by atoms with van der Waals surface area (Å²) in [5.41, 5.74) is 0. The zero-order valence-corrected chi connectivity index (χ0v) is 8.01. The molecule has 0 fully saturated rings. The minimum Gasteiger partial charge on any atom is -0.376 e. The molecule has 0 radical (unpaired) electrons. The summed E-state index contributed by atoms with van der Waals surface area (Å²) in [6, 6.07) is 0. The van der Waals surface area contributed by atoms with Crippen LogP contribution in [-0.4, -0.2) is 30.9 Å². The quantitative estimate of drug-likeness (QED) is 0.513. The van der Waals surface area contributed by atoms with Gasteiger partial charge in [0.2, 0.25) is 0 Å². The Kier molecular flexibility index (Phi) is 4.93. The maximum atomic E-state index is 10.5. The van der Waals surface area contributed by atoms with Crippen LogP contribution in [0.3, 0.4) is 0 Å². The first-order chi connectivity index (χ1) is 4.92. The van der Waals surface area contributed by atoms with Crippen LogP contribution in [0.25, 0.3) is 0 Å². The van der Waals surface area contributed by atoms with Crippen molar-refractivity contribution in [2.75, 3.05) is 19.9 Å². The van der Waals surface area contributed by atoms with Gasteiger partial charge in [-0.05, 0) is 13.8 Å². The molecule has 0 aliphatic heterocycles. The van der Waals surface area contributed by atoms with E-state index < -0.39 is 7.60 Å². The van der Waals surface area contributed by atoms with Crippen molar-refractivity contribution in [3.8, 4) is 0 Å². The highest BCUT2D eigenvalue weighted by Gasteiger charge is 2.08. The third-order valence-corrected chi connectivity index (χ3v) is 1.53. The van der Waals surface area contributed by atoms with Gasteiger partial charge >= 0.3 is 7.60 Å². The lowest BCUT2D eigenvalue weighted by Crippen LogP contribution is -2.08. The largest absolute Gasteiger partial charge is 0.376 e. The predicted octanol–water partition coefficient (Wildman–Crippen LogP) is 1.24. The Morgan fingerprint density at radius 1 is 1.45 bits per heavy atom. The van der Waals surface area contributed by atoms with Crippen LogP contribution < -0.4 is 0 Å². The van der Waals surface area contributed by atoms with Gasteiger partial charge in [-0.2, -0.15) is 0 Å². The molecule has 0 amide bonds. The maximum Gasteiger partial charge on any atom is 0.325 e. The van der Waals surface area contributed by atoms with Crippen molar-refractivity contribution in [3.63, 3.8) is 0 Å². The van der Waals surface area contributed by atoms with Crippen LogP contribution in [0.1, 0.15) is 13.8 Å². The van der Waals surface area contributed by atoms with Gasteiger partial charge in [0.25, 0.3) is 0 Å². The summed E-state index contributed by atoms with van der Waals surface area (Å²) < 4.78 is 20.2. The third kappa shape index (κ3) is 10.1. The fourth-order valence-electron chi connectivity index (χ4n) is 0.490. The lowest BCUT2D eigenvalue weighted by molar-refractivity contribution is 0.0529. The Balaban J connectivity index is 3.22. The van der Waals surface area contributed by atoms with Crippen molar-refractivity contribution >= 4 is 7.60 Å². The summed E-state index contributed by atoms with van der Waals surface area (Å²) in [4.78, 5) is 8.66. The molecular weight excluding hydrogens is 167 g/mol. The second kappa shape index (κ2) is 4.88. The van der Waals surface area contributed by atoms with Crippen LogP contribution in [0, 0.1) is 0 Å². The van der Waals surface area contributed by atoms with Crippen LogP contribution in [0.15, 0.2) is 0 Å². The SMILES string of the molecule is CC(C)OCCOP(C)(=O)O. The van der Waals surface area contributed by atoms with E-state index in [-0.39, 0.29) is 12.7 Å².